The molecule has 0 unspecified atom stereocenters. The molecule has 0 bridgehead atoms. The molecule has 25 heavy (non-hydrogen) atoms. The predicted octanol–water partition coefficient (Wildman–Crippen LogP) is 3.75. The first-order chi connectivity index (χ1) is 12.2. The quantitative estimate of drug-likeness (QED) is 0.893. The van der Waals surface area contributed by atoms with Crippen molar-refractivity contribution in [1.82, 2.24) is 0 Å². The minimum Gasteiger partial charge on any atom is -0.490 e. The molecule has 2 N–H and O–H groups in total. The first kappa shape index (κ1) is 15.7. The molecule has 1 aliphatic heterocycles. The summed E-state index contributed by atoms with van der Waals surface area (Å²) in [6.07, 6.45) is 5.00. The van der Waals surface area contributed by atoms with Crippen LogP contribution in [0.5, 0.6) is 5.75 Å². The number of hydrogen-bond acceptors (Lipinski definition) is 3. The fraction of sp³-hybridized carbons (Fsp3) is 0.300. The smallest absolute Gasteiger partial charge is 0.259 e. The van der Waals surface area contributed by atoms with Crippen molar-refractivity contribution in [3.8, 4) is 5.75 Å². The van der Waals surface area contributed by atoms with Gasteiger partial charge in [-0.15, -0.1) is 0 Å². The molecule has 1 heterocycles. The Kier molecular flexibility index (Phi) is 4.14. The van der Waals surface area contributed by atoms with Gasteiger partial charge in [-0.25, -0.2) is 0 Å². The number of nitrogens with one attached hydrogen (secondary N) is 2. The fourth-order valence-electron chi connectivity index (χ4n) is 3.45. The van der Waals surface area contributed by atoms with E-state index in [1.807, 2.05) is 30.3 Å². The van der Waals surface area contributed by atoms with Crippen molar-refractivity contribution in [3.05, 3.63) is 53.6 Å². The molecule has 0 radical (unpaired) electrons. The number of ether oxygens (including phenoxy) is 1. The Labute approximate surface area is 146 Å². The summed E-state index contributed by atoms with van der Waals surface area (Å²) in [4.78, 5) is 24.1. The van der Waals surface area contributed by atoms with Crippen LogP contribution in [-0.2, 0) is 11.2 Å². The first-order valence-electron chi connectivity index (χ1n) is 8.69. The molecule has 2 aromatic carbocycles. The highest BCUT2D eigenvalue weighted by atomic mass is 16.5. The Morgan fingerprint density at radius 3 is 2.76 bits per heavy atom. The number of carbonyl (C=O) groups excluding carboxylic acids is 2. The summed E-state index contributed by atoms with van der Waals surface area (Å²) in [7, 11) is 0. The zero-order valence-corrected chi connectivity index (χ0v) is 13.9. The molecule has 0 saturated heterocycles. The number of fused-ring (bicyclic) bond motifs is 1. The molecule has 5 nitrogen and oxygen atoms in total. The molecular weight excluding hydrogens is 316 g/mol. The van der Waals surface area contributed by atoms with Crippen LogP contribution in [0.1, 0.15) is 41.6 Å². The van der Waals surface area contributed by atoms with Crippen molar-refractivity contribution in [3.63, 3.8) is 0 Å². The van der Waals surface area contributed by atoms with Gasteiger partial charge in [0.2, 0.25) is 5.91 Å². The van der Waals surface area contributed by atoms with Gasteiger partial charge in [-0.2, -0.15) is 0 Å². The summed E-state index contributed by atoms with van der Waals surface area (Å²) < 4.78 is 6.04. The third kappa shape index (κ3) is 3.36. The lowest BCUT2D eigenvalue weighted by molar-refractivity contribution is -0.115. The lowest BCUT2D eigenvalue weighted by atomic mass is 10.1. The van der Waals surface area contributed by atoms with Gasteiger partial charge in [-0.1, -0.05) is 12.1 Å². The van der Waals surface area contributed by atoms with E-state index in [4.69, 9.17) is 4.74 Å². The molecule has 2 aliphatic rings. The minimum atomic E-state index is -0.203. The van der Waals surface area contributed by atoms with Crippen LogP contribution in [0.3, 0.4) is 0 Å². The normalized spacial score (nSPS) is 16.4. The lowest BCUT2D eigenvalue weighted by Gasteiger charge is -2.16. The van der Waals surface area contributed by atoms with Gasteiger partial charge in [0.05, 0.1) is 18.1 Å². The van der Waals surface area contributed by atoms with Gasteiger partial charge in [0.25, 0.3) is 5.91 Å². The van der Waals surface area contributed by atoms with Crippen LogP contribution in [-0.4, -0.2) is 17.9 Å². The molecule has 4 rings (SSSR count). The molecule has 0 spiro atoms. The maximum atomic E-state index is 12.7. The monoisotopic (exact) mass is 336 g/mol. The standard InChI is InChI=1S/C20H20N2O3/c23-19-12-13-11-14(9-10-17(13)22-19)21-20(24)16-7-3-4-8-18(16)25-15-5-1-2-6-15/h3-4,7-11,15H,1-2,5-6,12H2,(H,21,24)(H,22,23). The maximum absolute atomic E-state index is 12.7. The van der Waals surface area contributed by atoms with E-state index in [2.05, 4.69) is 10.6 Å². The average molecular weight is 336 g/mol. The van der Waals surface area contributed by atoms with E-state index in [1.165, 1.54) is 12.8 Å². The van der Waals surface area contributed by atoms with Crippen LogP contribution >= 0.6 is 0 Å². The van der Waals surface area contributed by atoms with Crippen LogP contribution in [0.4, 0.5) is 11.4 Å². The van der Waals surface area contributed by atoms with Gasteiger partial charge in [0.15, 0.2) is 0 Å². The van der Waals surface area contributed by atoms with Crippen molar-refractivity contribution in [1.29, 1.82) is 0 Å². The second kappa shape index (κ2) is 6.59. The number of benzene rings is 2. The first-order valence-corrected chi connectivity index (χ1v) is 8.69. The van der Waals surface area contributed by atoms with E-state index in [9.17, 15) is 9.59 Å². The second-order valence-electron chi connectivity index (χ2n) is 6.57. The molecule has 1 aliphatic carbocycles. The van der Waals surface area contributed by atoms with Gasteiger partial charge in [-0.3, -0.25) is 9.59 Å². The minimum absolute atomic E-state index is 0.0196. The van der Waals surface area contributed by atoms with Crippen molar-refractivity contribution in [2.45, 2.75) is 38.2 Å². The predicted molar refractivity (Wildman–Crippen MR) is 96.1 cm³/mol. The molecule has 2 amide bonds. The highest BCUT2D eigenvalue weighted by Crippen LogP contribution is 2.29. The zero-order valence-electron chi connectivity index (χ0n) is 13.9. The molecule has 5 heteroatoms. The summed E-state index contributed by atoms with van der Waals surface area (Å²) in [5, 5.41) is 5.70. The van der Waals surface area contributed by atoms with Crippen molar-refractivity contribution in [2.75, 3.05) is 10.6 Å². The average Bonchev–Trinajstić information content (AvgIpc) is 3.23. The van der Waals surface area contributed by atoms with Gasteiger partial charge in [-0.05, 0) is 61.6 Å². The molecule has 2 aromatic rings. The summed E-state index contributed by atoms with van der Waals surface area (Å²) >= 11 is 0. The van der Waals surface area contributed by atoms with E-state index in [-0.39, 0.29) is 17.9 Å². The van der Waals surface area contributed by atoms with E-state index in [1.54, 1.807) is 12.1 Å². The maximum Gasteiger partial charge on any atom is 0.259 e. The Morgan fingerprint density at radius 1 is 1.12 bits per heavy atom. The summed E-state index contributed by atoms with van der Waals surface area (Å²) in [6, 6.07) is 12.8. The van der Waals surface area contributed by atoms with Crippen molar-refractivity contribution < 1.29 is 14.3 Å². The SMILES string of the molecule is O=C1Cc2cc(NC(=O)c3ccccc3OC3CCCC3)ccc2N1. The van der Waals surface area contributed by atoms with E-state index < -0.39 is 0 Å². The Balaban J connectivity index is 1.51. The topological polar surface area (TPSA) is 67.4 Å². The number of rotatable bonds is 4. The van der Waals surface area contributed by atoms with Crippen molar-refractivity contribution in [2.24, 2.45) is 0 Å². The van der Waals surface area contributed by atoms with Crippen LogP contribution in [0, 0.1) is 0 Å². The van der Waals surface area contributed by atoms with Crippen LogP contribution in [0.25, 0.3) is 0 Å². The van der Waals surface area contributed by atoms with Gasteiger partial charge >= 0.3 is 0 Å². The second-order valence-corrected chi connectivity index (χ2v) is 6.57. The lowest BCUT2D eigenvalue weighted by Crippen LogP contribution is -2.17. The Morgan fingerprint density at radius 2 is 1.92 bits per heavy atom. The highest BCUT2D eigenvalue weighted by Gasteiger charge is 2.21. The van der Waals surface area contributed by atoms with E-state index in [0.29, 0.717) is 23.4 Å². The molecule has 1 fully saturated rings. The molecule has 0 atom stereocenters. The molecule has 0 aromatic heterocycles. The van der Waals surface area contributed by atoms with Crippen molar-refractivity contribution >= 4 is 23.2 Å². The Bertz CT molecular complexity index is 825. The highest BCUT2D eigenvalue weighted by molar-refractivity contribution is 6.07. The molecular formula is C20H20N2O3. The molecule has 1 saturated carbocycles. The Hall–Kier alpha value is -2.82. The number of amides is 2. The zero-order chi connectivity index (χ0) is 17.2. The number of para-hydroxylation sites is 1. The van der Waals surface area contributed by atoms with Crippen LogP contribution in [0.2, 0.25) is 0 Å². The van der Waals surface area contributed by atoms with Crippen LogP contribution in [0.15, 0.2) is 42.5 Å². The molecule has 128 valence electrons. The largest absolute Gasteiger partial charge is 0.490 e. The number of carbonyl (C=O) groups is 2. The third-order valence-electron chi connectivity index (χ3n) is 4.72. The summed E-state index contributed by atoms with van der Waals surface area (Å²) in [6.45, 7) is 0. The summed E-state index contributed by atoms with van der Waals surface area (Å²) in [5.74, 6) is 0.407. The van der Waals surface area contributed by atoms with Gasteiger partial charge in [0, 0.05) is 11.4 Å². The third-order valence-corrected chi connectivity index (χ3v) is 4.72. The van der Waals surface area contributed by atoms with E-state index >= 15 is 0 Å². The van der Waals surface area contributed by atoms with E-state index in [0.717, 1.165) is 24.1 Å². The van der Waals surface area contributed by atoms with Crippen LogP contribution < -0.4 is 15.4 Å². The summed E-state index contributed by atoms with van der Waals surface area (Å²) in [5.41, 5.74) is 2.92. The number of anilines is 2. The number of hydrogen-bond donors (Lipinski definition) is 2. The van der Waals surface area contributed by atoms with Gasteiger partial charge < -0.3 is 15.4 Å². The fourth-order valence-corrected chi connectivity index (χ4v) is 3.45. The van der Waals surface area contributed by atoms with Gasteiger partial charge in [0.1, 0.15) is 5.75 Å².